The number of nitrogens with one attached hydrogen (secondary N) is 1. The summed E-state index contributed by atoms with van der Waals surface area (Å²) in [7, 11) is 0. The first-order chi connectivity index (χ1) is 7.08. The summed E-state index contributed by atoms with van der Waals surface area (Å²) in [6.07, 6.45) is 0. The van der Waals surface area contributed by atoms with Crippen molar-refractivity contribution in [3.63, 3.8) is 0 Å². The van der Waals surface area contributed by atoms with Crippen molar-refractivity contribution in [2.45, 2.75) is 6.92 Å². The molecule has 1 aromatic carbocycles. The van der Waals surface area contributed by atoms with Crippen molar-refractivity contribution in [1.29, 1.82) is 5.41 Å². The quantitative estimate of drug-likeness (QED) is 0.731. The van der Waals surface area contributed by atoms with Gasteiger partial charge in [0.25, 0.3) is 5.91 Å². The lowest BCUT2D eigenvalue weighted by Crippen LogP contribution is -2.20. The van der Waals surface area contributed by atoms with Crippen molar-refractivity contribution in [3.05, 3.63) is 40.9 Å². The molecule has 0 aliphatic carbocycles. The van der Waals surface area contributed by atoms with E-state index in [2.05, 4.69) is 0 Å². The van der Waals surface area contributed by atoms with E-state index in [1.165, 1.54) is 0 Å². The molecule has 0 spiro atoms. The van der Waals surface area contributed by atoms with Gasteiger partial charge in [-0.3, -0.25) is 10.2 Å². The molecule has 0 aliphatic rings. The van der Waals surface area contributed by atoms with Crippen LogP contribution >= 0.6 is 0 Å². The molecule has 1 heterocycles. The fourth-order valence-electron chi connectivity index (χ4n) is 1.42. The molecule has 3 N–H and O–H groups in total. The number of fused-ring (bicyclic) bond motifs is 1. The zero-order valence-corrected chi connectivity index (χ0v) is 8.20. The summed E-state index contributed by atoms with van der Waals surface area (Å²) in [6.45, 7) is 1.93. The summed E-state index contributed by atoms with van der Waals surface area (Å²) in [5.41, 5.74) is 6.65. The summed E-state index contributed by atoms with van der Waals surface area (Å²) in [4.78, 5) is 11.0. The molecule has 0 bridgehead atoms. The third-order valence-electron chi connectivity index (χ3n) is 2.19. The molecule has 0 radical (unpaired) electrons. The first-order valence-electron chi connectivity index (χ1n) is 4.47. The van der Waals surface area contributed by atoms with E-state index in [0.29, 0.717) is 5.58 Å². The molecule has 4 nitrogen and oxygen atoms in total. The van der Waals surface area contributed by atoms with Crippen LogP contribution in [-0.2, 0) is 0 Å². The van der Waals surface area contributed by atoms with Crippen LogP contribution in [0.2, 0.25) is 0 Å². The minimum absolute atomic E-state index is 0.103. The highest BCUT2D eigenvalue weighted by atomic mass is 16.3. The number of hydrogen-bond donors (Lipinski definition) is 2. The average Bonchev–Trinajstić information content (AvgIpc) is 2.15. The SMILES string of the molecule is Cc1ccc2cc(C(N)=O)c(=N)oc2c1. The van der Waals surface area contributed by atoms with Crippen LogP contribution in [0.4, 0.5) is 0 Å². The van der Waals surface area contributed by atoms with E-state index in [-0.39, 0.29) is 11.1 Å². The van der Waals surface area contributed by atoms with Crippen LogP contribution in [0.3, 0.4) is 0 Å². The van der Waals surface area contributed by atoms with Crippen LogP contribution in [0.1, 0.15) is 15.9 Å². The van der Waals surface area contributed by atoms with E-state index in [4.69, 9.17) is 15.6 Å². The van der Waals surface area contributed by atoms with E-state index >= 15 is 0 Å². The molecule has 2 aromatic rings. The molecule has 1 aromatic heterocycles. The number of amides is 1. The molecule has 0 atom stereocenters. The maximum absolute atomic E-state index is 11.0. The Morgan fingerprint density at radius 3 is 2.80 bits per heavy atom. The lowest BCUT2D eigenvalue weighted by atomic mass is 10.1. The Hall–Kier alpha value is -2.10. The highest BCUT2D eigenvalue weighted by molar-refractivity contribution is 5.95. The average molecular weight is 202 g/mol. The minimum Gasteiger partial charge on any atom is -0.438 e. The number of aryl methyl sites for hydroxylation is 1. The van der Waals surface area contributed by atoms with Crippen molar-refractivity contribution >= 4 is 16.9 Å². The minimum atomic E-state index is -0.647. The third-order valence-corrected chi connectivity index (χ3v) is 2.19. The van der Waals surface area contributed by atoms with Gasteiger partial charge in [-0.15, -0.1) is 0 Å². The summed E-state index contributed by atoms with van der Waals surface area (Å²) >= 11 is 0. The molecule has 0 unspecified atom stereocenters. The van der Waals surface area contributed by atoms with Crippen molar-refractivity contribution in [2.24, 2.45) is 5.73 Å². The Morgan fingerprint density at radius 1 is 1.40 bits per heavy atom. The maximum Gasteiger partial charge on any atom is 0.254 e. The molecule has 76 valence electrons. The summed E-state index contributed by atoms with van der Waals surface area (Å²) in [6, 6.07) is 7.13. The fraction of sp³-hybridized carbons (Fsp3) is 0.0909. The van der Waals surface area contributed by atoms with Gasteiger partial charge in [-0.25, -0.2) is 0 Å². The largest absolute Gasteiger partial charge is 0.438 e. The van der Waals surface area contributed by atoms with Crippen molar-refractivity contribution in [1.82, 2.24) is 0 Å². The molecule has 0 saturated heterocycles. The van der Waals surface area contributed by atoms with Gasteiger partial charge in [0.05, 0.1) is 0 Å². The summed E-state index contributed by atoms with van der Waals surface area (Å²) in [5.74, 6) is -0.647. The van der Waals surface area contributed by atoms with Crippen LogP contribution in [0.15, 0.2) is 28.7 Å². The predicted molar refractivity (Wildman–Crippen MR) is 55.3 cm³/mol. The first-order valence-corrected chi connectivity index (χ1v) is 4.47. The normalized spacial score (nSPS) is 10.5. The van der Waals surface area contributed by atoms with E-state index in [1.54, 1.807) is 6.07 Å². The molecule has 0 aliphatic heterocycles. The van der Waals surface area contributed by atoms with Gasteiger partial charge in [0.1, 0.15) is 11.1 Å². The Balaban J connectivity index is 2.82. The van der Waals surface area contributed by atoms with Crippen molar-refractivity contribution in [2.75, 3.05) is 0 Å². The molecule has 4 heteroatoms. The molecule has 1 amide bonds. The molecule has 0 fully saturated rings. The topological polar surface area (TPSA) is 80.1 Å². The van der Waals surface area contributed by atoms with Gasteiger partial charge < -0.3 is 10.2 Å². The zero-order valence-electron chi connectivity index (χ0n) is 8.20. The number of carbonyl (C=O) groups is 1. The second-order valence-corrected chi connectivity index (χ2v) is 3.39. The van der Waals surface area contributed by atoms with Gasteiger partial charge in [0.2, 0.25) is 5.55 Å². The Labute approximate surface area is 85.8 Å². The van der Waals surface area contributed by atoms with Gasteiger partial charge in [0.15, 0.2) is 0 Å². The number of primary amides is 1. The van der Waals surface area contributed by atoms with Gasteiger partial charge >= 0.3 is 0 Å². The molecule has 0 saturated carbocycles. The zero-order chi connectivity index (χ0) is 11.0. The Kier molecular flexibility index (Phi) is 2.04. The van der Waals surface area contributed by atoms with Crippen LogP contribution in [0, 0.1) is 12.3 Å². The number of benzene rings is 1. The summed E-state index contributed by atoms with van der Waals surface area (Å²) < 4.78 is 5.20. The van der Waals surface area contributed by atoms with E-state index in [0.717, 1.165) is 10.9 Å². The Bertz CT molecular complexity index is 599. The highest BCUT2D eigenvalue weighted by Crippen LogP contribution is 2.14. The van der Waals surface area contributed by atoms with Crippen molar-refractivity contribution in [3.8, 4) is 0 Å². The van der Waals surface area contributed by atoms with E-state index in [1.807, 2.05) is 25.1 Å². The lowest BCUT2D eigenvalue weighted by molar-refractivity contribution is 0.0996. The van der Waals surface area contributed by atoms with Crippen LogP contribution in [0.25, 0.3) is 11.0 Å². The number of nitrogens with two attached hydrogens (primary N) is 1. The summed E-state index contributed by atoms with van der Waals surface area (Å²) in [5, 5.41) is 8.26. The number of carbonyl (C=O) groups excluding carboxylic acids is 1. The molecular weight excluding hydrogens is 192 g/mol. The van der Waals surface area contributed by atoms with Crippen LogP contribution < -0.4 is 11.3 Å². The van der Waals surface area contributed by atoms with Gasteiger partial charge in [-0.2, -0.15) is 0 Å². The van der Waals surface area contributed by atoms with Crippen LogP contribution in [0.5, 0.6) is 0 Å². The standard InChI is InChI=1S/C11H10N2O2/c1-6-2-3-7-5-8(10(12)14)11(13)15-9(7)4-6/h2-5,13H,1H3,(H2,12,14). The van der Waals surface area contributed by atoms with E-state index < -0.39 is 5.91 Å². The monoisotopic (exact) mass is 202 g/mol. The first kappa shape index (κ1) is 9.45. The number of hydrogen-bond acceptors (Lipinski definition) is 3. The number of rotatable bonds is 1. The van der Waals surface area contributed by atoms with Gasteiger partial charge in [-0.1, -0.05) is 12.1 Å². The third kappa shape index (κ3) is 1.61. The molecule has 15 heavy (non-hydrogen) atoms. The maximum atomic E-state index is 11.0. The fourth-order valence-corrected chi connectivity index (χ4v) is 1.42. The van der Waals surface area contributed by atoms with Crippen molar-refractivity contribution < 1.29 is 9.21 Å². The molecular formula is C11H10N2O2. The second kappa shape index (κ2) is 3.24. The van der Waals surface area contributed by atoms with Crippen LogP contribution in [-0.4, -0.2) is 5.91 Å². The van der Waals surface area contributed by atoms with Gasteiger partial charge in [0, 0.05) is 5.39 Å². The van der Waals surface area contributed by atoms with Gasteiger partial charge in [-0.05, 0) is 24.6 Å². The lowest BCUT2D eigenvalue weighted by Gasteiger charge is -2.01. The predicted octanol–water partition coefficient (Wildman–Crippen LogP) is 1.32. The Morgan fingerprint density at radius 2 is 2.13 bits per heavy atom. The molecule has 2 rings (SSSR count). The smallest absolute Gasteiger partial charge is 0.254 e. The highest BCUT2D eigenvalue weighted by Gasteiger charge is 2.07. The van der Waals surface area contributed by atoms with E-state index in [9.17, 15) is 4.79 Å². The second-order valence-electron chi connectivity index (χ2n) is 3.39.